The van der Waals surface area contributed by atoms with Crippen LogP contribution in [0.1, 0.15) is 43.7 Å². The first kappa shape index (κ1) is 26.0. The van der Waals surface area contributed by atoms with E-state index in [9.17, 15) is 18.0 Å². The molecule has 0 amide bonds. The average Bonchev–Trinajstić information content (AvgIpc) is 3.54. The summed E-state index contributed by atoms with van der Waals surface area (Å²) in [6.45, 7) is 1.76. The highest BCUT2D eigenvalue weighted by Crippen LogP contribution is 2.38. The smallest absolute Gasteiger partial charge is 0.333 e. The minimum Gasteiger partial charge on any atom is -0.456 e. The third-order valence-corrected chi connectivity index (χ3v) is 6.83. The molecular formula is C23H26N6O8S. The Hall–Kier alpha value is -3.66. The molecule has 0 saturated carbocycles. The Labute approximate surface area is 217 Å². The van der Waals surface area contributed by atoms with Crippen LogP contribution < -0.4 is 10.5 Å². The molecule has 38 heavy (non-hydrogen) atoms. The number of ether oxygens (including phenoxy) is 3. The number of anilines is 1. The number of esters is 2. The van der Waals surface area contributed by atoms with Crippen molar-refractivity contribution in [1.29, 1.82) is 0 Å². The van der Waals surface area contributed by atoms with Crippen LogP contribution in [0, 0.1) is 0 Å². The number of rotatable bonds is 8. The summed E-state index contributed by atoms with van der Waals surface area (Å²) in [7, 11) is -4.32. The highest BCUT2D eigenvalue weighted by Gasteiger charge is 2.51. The number of imidazole rings is 1. The van der Waals surface area contributed by atoms with Gasteiger partial charge in [-0.25, -0.2) is 20.1 Å². The van der Waals surface area contributed by atoms with Gasteiger partial charge in [0.2, 0.25) is 0 Å². The fraction of sp³-hybridized carbons (Fsp3) is 0.435. The van der Waals surface area contributed by atoms with E-state index in [-0.39, 0.29) is 6.04 Å². The minimum atomic E-state index is -4.32. The van der Waals surface area contributed by atoms with Gasteiger partial charge in [0.1, 0.15) is 12.4 Å². The van der Waals surface area contributed by atoms with Crippen LogP contribution in [-0.2, 0) is 44.7 Å². The average molecular weight is 547 g/mol. The number of hydrogen-bond acceptors (Lipinski definition) is 12. The lowest BCUT2D eigenvalue weighted by molar-refractivity contribution is -0.165. The van der Waals surface area contributed by atoms with Gasteiger partial charge in [-0.3, -0.25) is 18.3 Å². The van der Waals surface area contributed by atoms with Crippen molar-refractivity contribution >= 4 is 39.2 Å². The maximum atomic E-state index is 12.0. The maximum absolute atomic E-state index is 12.0. The molecule has 14 nitrogen and oxygen atoms in total. The van der Waals surface area contributed by atoms with Gasteiger partial charge in [-0.15, -0.1) is 0 Å². The number of hydrogen-bond donors (Lipinski definition) is 2. The normalized spacial score (nSPS) is 24.8. The molecule has 1 aliphatic heterocycles. The van der Waals surface area contributed by atoms with Gasteiger partial charge in [0.25, 0.3) is 0 Å². The van der Waals surface area contributed by atoms with Gasteiger partial charge in [-0.2, -0.15) is 8.42 Å². The lowest BCUT2D eigenvalue weighted by atomic mass is 10.1. The Bertz CT molecular complexity index is 1480. The summed E-state index contributed by atoms with van der Waals surface area (Å²) >= 11 is 0. The van der Waals surface area contributed by atoms with Crippen molar-refractivity contribution in [2.45, 2.75) is 57.3 Å². The zero-order chi connectivity index (χ0) is 27.0. The van der Waals surface area contributed by atoms with Crippen molar-refractivity contribution in [3.05, 3.63) is 48.0 Å². The first-order chi connectivity index (χ1) is 18.1. The van der Waals surface area contributed by atoms with Crippen LogP contribution >= 0.6 is 0 Å². The molecule has 0 spiro atoms. The van der Waals surface area contributed by atoms with Gasteiger partial charge < -0.3 is 19.5 Å². The summed E-state index contributed by atoms with van der Waals surface area (Å²) in [5.74, 6) is -0.864. The van der Waals surface area contributed by atoms with Gasteiger partial charge >= 0.3 is 22.2 Å². The molecule has 202 valence electrons. The topological polar surface area (TPSA) is 187 Å². The second-order valence-electron chi connectivity index (χ2n) is 8.97. The van der Waals surface area contributed by atoms with Crippen LogP contribution in [0.4, 0.5) is 5.82 Å². The zero-order valence-corrected chi connectivity index (χ0v) is 21.3. The number of nitrogens with zero attached hydrogens (tertiary/aromatic N) is 4. The maximum Gasteiger partial charge on any atom is 0.333 e. The predicted octanol–water partition coefficient (Wildman–Crippen LogP) is 0.907. The Morgan fingerprint density at radius 3 is 2.61 bits per heavy atom. The van der Waals surface area contributed by atoms with Crippen LogP contribution in [0.25, 0.3) is 11.2 Å². The van der Waals surface area contributed by atoms with Gasteiger partial charge in [-0.05, 0) is 24.0 Å². The molecule has 5 atom stereocenters. The van der Waals surface area contributed by atoms with E-state index in [1.807, 2.05) is 12.1 Å². The van der Waals surface area contributed by atoms with Crippen LogP contribution in [-0.4, -0.2) is 64.8 Å². The molecule has 0 unspecified atom stereocenters. The van der Waals surface area contributed by atoms with Gasteiger partial charge in [0.15, 0.2) is 35.4 Å². The molecule has 0 bridgehead atoms. The fourth-order valence-electron chi connectivity index (χ4n) is 4.90. The lowest BCUT2D eigenvalue weighted by Gasteiger charge is -2.23. The summed E-state index contributed by atoms with van der Waals surface area (Å²) in [5.41, 5.74) is 3.25. The number of nitrogens with one attached hydrogen (secondary N) is 1. The zero-order valence-electron chi connectivity index (χ0n) is 20.5. The van der Waals surface area contributed by atoms with E-state index in [1.54, 1.807) is 0 Å². The van der Waals surface area contributed by atoms with E-state index in [0.29, 0.717) is 17.0 Å². The molecule has 3 aromatic rings. The molecule has 1 aliphatic carbocycles. The molecule has 3 heterocycles. The van der Waals surface area contributed by atoms with Crippen molar-refractivity contribution in [2.24, 2.45) is 5.14 Å². The number of benzene rings is 1. The molecular weight excluding hydrogens is 520 g/mol. The van der Waals surface area contributed by atoms with Crippen LogP contribution in [0.3, 0.4) is 0 Å². The first-order valence-electron chi connectivity index (χ1n) is 11.8. The number of carbonyl (C=O) groups excluding carboxylic acids is 2. The summed E-state index contributed by atoms with van der Waals surface area (Å²) in [6.07, 6.45) is 0.0336. The first-order valence-corrected chi connectivity index (χ1v) is 13.3. The van der Waals surface area contributed by atoms with E-state index < -0.39 is 53.4 Å². The van der Waals surface area contributed by atoms with Crippen molar-refractivity contribution in [3.8, 4) is 0 Å². The molecule has 1 fully saturated rings. The predicted molar refractivity (Wildman–Crippen MR) is 131 cm³/mol. The van der Waals surface area contributed by atoms with E-state index in [4.69, 9.17) is 19.3 Å². The monoisotopic (exact) mass is 546 g/mol. The largest absolute Gasteiger partial charge is 0.456 e. The summed E-state index contributed by atoms with van der Waals surface area (Å²) in [5, 5.41) is 8.40. The quantitative estimate of drug-likeness (QED) is 0.381. The third-order valence-electron chi connectivity index (χ3n) is 6.36. The third kappa shape index (κ3) is 5.31. The molecule has 1 aromatic carbocycles. The van der Waals surface area contributed by atoms with Crippen molar-refractivity contribution < 1.29 is 36.4 Å². The molecule has 1 saturated heterocycles. The lowest BCUT2D eigenvalue weighted by Crippen LogP contribution is -2.41. The van der Waals surface area contributed by atoms with Crippen molar-refractivity contribution in [1.82, 2.24) is 19.5 Å². The summed E-state index contributed by atoms with van der Waals surface area (Å²) in [4.78, 5) is 37.0. The van der Waals surface area contributed by atoms with Gasteiger partial charge in [0.05, 0.1) is 19.0 Å². The van der Waals surface area contributed by atoms with Crippen molar-refractivity contribution in [2.75, 3.05) is 11.9 Å². The second kappa shape index (κ2) is 10.2. The van der Waals surface area contributed by atoms with E-state index in [0.717, 1.165) is 19.8 Å². The molecule has 15 heteroatoms. The standard InChI is InChI=1S/C23H26N6O8S/c1-12(30)35-19-17(9-34-38(24,32)33)37-23(20(19)36-13(2)31)29-11-27-18-21(25-10-26-22(18)29)28-16-8-7-14-5-3-4-6-15(14)16/h3-6,10-11,16-17,19-20,23H,7-9H2,1-2H3,(H2,24,32,33)(H,25,26,28)/t16-,17+,19+,20-,23+/m0/s1. The van der Waals surface area contributed by atoms with Crippen LogP contribution in [0.2, 0.25) is 0 Å². The second-order valence-corrected chi connectivity index (χ2v) is 10.2. The van der Waals surface area contributed by atoms with E-state index in [2.05, 4.69) is 36.6 Å². The Balaban J connectivity index is 1.48. The van der Waals surface area contributed by atoms with Gasteiger partial charge in [0, 0.05) is 13.8 Å². The number of carbonyl (C=O) groups is 2. The van der Waals surface area contributed by atoms with E-state index >= 15 is 0 Å². The van der Waals surface area contributed by atoms with Crippen LogP contribution in [0.15, 0.2) is 36.9 Å². The van der Waals surface area contributed by atoms with Crippen molar-refractivity contribution in [3.63, 3.8) is 0 Å². The molecule has 3 N–H and O–H groups in total. The summed E-state index contributed by atoms with van der Waals surface area (Å²) < 4.78 is 45.8. The number of aromatic nitrogens is 4. The highest BCUT2D eigenvalue weighted by molar-refractivity contribution is 7.84. The molecule has 5 rings (SSSR count). The Morgan fingerprint density at radius 2 is 1.87 bits per heavy atom. The Kier molecular flexibility index (Phi) is 7.00. The fourth-order valence-corrected chi connectivity index (χ4v) is 5.22. The highest BCUT2D eigenvalue weighted by atomic mass is 32.2. The number of fused-ring (bicyclic) bond motifs is 2. The SMILES string of the molecule is CC(=O)O[C@H]1[C@H](OC(C)=O)[C@@H](COS(N)(=O)=O)O[C@H]1n1cnc2c(N[C@H]3CCc4ccccc43)ncnc21. The minimum absolute atomic E-state index is 0.0408. The number of aryl methyl sites for hydroxylation is 1. The molecule has 0 radical (unpaired) electrons. The van der Waals surface area contributed by atoms with Gasteiger partial charge in [-0.1, -0.05) is 24.3 Å². The molecule has 2 aromatic heterocycles. The summed E-state index contributed by atoms with van der Waals surface area (Å²) in [6, 6.07) is 8.22. The Morgan fingerprint density at radius 1 is 1.13 bits per heavy atom. The van der Waals surface area contributed by atoms with E-state index in [1.165, 1.54) is 35.3 Å². The number of nitrogens with two attached hydrogens (primary N) is 1. The van der Waals surface area contributed by atoms with Crippen LogP contribution in [0.5, 0.6) is 0 Å². The molecule has 2 aliphatic rings.